The summed E-state index contributed by atoms with van der Waals surface area (Å²) in [4.78, 5) is 25.2. The van der Waals surface area contributed by atoms with E-state index in [0.717, 1.165) is 0 Å². The maximum atomic E-state index is 12.5. The van der Waals surface area contributed by atoms with Crippen molar-refractivity contribution in [3.63, 3.8) is 0 Å². The standard InChI is InChI=1S/C15H14O3S/c1-2-18-15(17)13(12-9-6-10-19-12)14(16)11-7-4-3-5-8-11/h3-10,13H,2H2,1H3. The number of ketones is 1. The van der Waals surface area contributed by atoms with Crippen LogP contribution in [0, 0.1) is 0 Å². The van der Waals surface area contributed by atoms with Crippen LogP contribution in [0.5, 0.6) is 0 Å². The lowest BCUT2D eigenvalue weighted by Gasteiger charge is -2.13. The lowest BCUT2D eigenvalue weighted by atomic mass is 9.96. The van der Waals surface area contributed by atoms with E-state index in [1.807, 2.05) is 17.5 Å². The number of carbonyl (C=O) groups is 2. The second-order valence-electron chi connectivity index (χ2n) is 3.93. The number of benzene rings is 1. The number of hydrogen-bond donors (Lipinski definition) is 0. The lowest BCUT2D eigenvalue weighted by molar-refractivity contribution is -0.143. The molecule has 1 unspecified atom stereocenters. The molecule has 1 heterocycles. The summed E-state index contributed by atoms with van der Waals surface area (Å²) in [6.07, 6.45) is 0. The van der Waals surface area contributed by atoms with E-state index < -0.39 is 11.9 Å². The molecule has 0 aliphatic carbocycles. The molecule has 0 N–H and O–H groups in total. The first-order valence-electron chi connectivity index (χ1n) is 6.03. The third-order valence-corrected chi connectivity index (χ3v) is 3.61. The Morgan fingerprint density at radius 3 is 2.47 bits per heavy atom. The first-order chi connectivity index (χ1) is 9.24. The van der Waals surface area contributed by atoms with Gasteiger partial charge >= 0.3 is 5.97 Å². The van der Waals surface area contributed by atoms with Gasteiger partial charge in [-0.3, -0.25) is 9.59 Å². The molecule has 0 spiro atoms. The third-order valence-electron chi connectivity index (χ3n) is 2.67. The van der Waals surface area contributed by atoms with Crippen molar-refractivity contribution in [1.82, 2.24) is 0 Å². The molecule has 0 amide bonds. The molecule has 3 nitrogen and oxygen atoms in total. The van der Waals surface area contributed by atoms with Crippen molar-refractivity contribution >= 4 is 23.1 Å². The number of Topliss-reactive ketones (excluding diaryl/α,β-unsaturated/α-hetero) is 1. The van der Waals surface area contributed by atoms with Gasteiger partial charge in [-0.2, -0.15) is 0 Å². The van der Waals surface area contributed by atoms with Crippen molar-refractivity contribution in [3.05, 3.63) is 58.3 Å². The summed E-state index contributed by atoms with van der Waals surface area (Å²) in [5.74, 6) is -1.57. The van der Waals surface area contributed by atoms with Gasteiger partial charge in [-0.25, -0.2) is 0 Å². The fourth-order valence-electron chi connectivity index (χ4n) is 1.80. The number of ether oxygens (including phenoxy) is 1. The fraction of sp³-hybridized carbons (Fsp3) is 0.200. The number of thiophene rings is 1. The normalized spacial score (nSPS) is 11.8. The monoisotopic (exact) mass is 274 g/mol. The quantitative estimate of drug-likeness (QED) is 0.477. The Bertz CT molecular complexity index is 546. The van der Waals surface area contributed by atoms with E-state index in [4.69, 9.17) is 4.74 Å². The maximum absolute atomic E-state index is 12.5. The Balaban J connectivity index is 2.33. The van der Waals surface area contributed by atoms with Crippen LogP contribution in [-0.4, -0.2) is 18.4 Å². The smallest absolute Gasteiger partial charge is 0.322 e. The zero-order chi connectivity index (χ0) is 13.7. The first-order valence-corrected chi connectivity index (χ1v) is 6.91. The highest BCUT2D eigenvalue weighted by Crippen LogP contribution is 2.26. The summed E-state index contributed by atoms with van der Waals surface area (Å²) in [6, 6.07) is 12.4. The summed E-state index contributed by atoms with van der Waals surface area (Å²) in [7, 11) is 0. The van der Waals surface area contributed by atoms with Crippen LogP contribution in [0.4, 0.5) is 0 Å². The molecule has 0 radical (unpaired) electrons. The molecule has 4 heteroatoms. The molecular formula is C15H14O3S. The van der Waals surface area contributed by atoms with Crippen LogP contribution in [0.25, 0.3) is 0 Å². The highest BCUT2D eigenvalue weighted by atomic mass is 32.1. The molecule has 98 valence electrons. The van der Waals surface area contributed by atoms with Gasteiger partial charge in [0.2, 0.25) is 0 Å². The van der Waals surface area contributed by atoms with Gasteiger partial charge in [-0.1, -0.05) is 36.4 Å². The van der Waals surface area contributed by atoms with Gasteiger partial charge in [-0.05, 0) is 18.4 Å². The Labute approximate surface area is 115 Å². The minimum atomic E-state index is -0.859. The van der Waals surface area contributed by atoms with E-state index in [0.29, 0.717) is 10.4 Å². The Morgan fingerprint density at radius 1 is 1.16 bits per heavy atom. The molecule has 0 saturated heterocycles. The van der Waals surface area contributed by atoms with Gasteiger partial charge < -0.3 is 4.74 Å². The minimum absolute atomic E-state index is 0.221. The third kappa shape index (κ3) is 3.09. The topological polar surface area (TPSA) is 43.4 Å². The van der Waals surface area contributed by atoms with Crippen molar-refractivity contribution in [2.75, 3.05) is 6.61 Å². The van der Waals surface area contributed by atoms with Crippen LogP contribution in [-0.2, 0) is 9.53 Å². The van der Waals surface area contributed by atoms with Crippen LogP contribution < -0.4 is 0 Å². The number of rotatable bonds is 5. The van der Waals surface area contributed by atoms with Gasteiger partial charge in [0.25, 0.3) is 0 Å². The average molecular weight is 274 g/mol. The second kappa shape index (κ2) is 6.29. The van der Waals surface area contributed by atoms with E-state index in [-0.39, 0.29) is 12.4 Å². The van der Waals surface area contributed by atoms with Crippen LogP contribution in [0.15, 0.2) is 47.8 Å². The molecule has 0 aliphatic heterocycles. The summed E-state index contributed by atoms with van der Waals surface area (Å²) in [5, 5.41) is 1.85. The maximum Gasteiger partial charge on any atom is 0.322 e. The molecule has 0 saturated carbocycles. The number of carbonyl (C=O) groups excluding carboxylic acids is 2. The Kier molecular flexibility index (Phi) is 4.47. The highest BCUT2D eigenvalue weighted by Gasteiger charge is 2.31. The van der Waals surface area contributed by atoms with Gasteiger partial charge in [0, 0.05) is 10.4 Å². The van der Waals surface area contributed by atoms with E-state index in [1.165, 1.54) is 11.3 Å². The van der Waals surface area contributed by atoms with Crippen LogP contribution >= 0.6 is 11.3 Å². The molecular weight excluding hydrogens is 260 g/mol. The lowest BCUT2D eigenvalue weighted by Crippen LogP contribution is -2.23. The Morgan fingerprint density at radius 2 is 1.89 bits per heavy atom. The SMILES string of the molecule is CCOC(=O)C(C(=O)c1ccccc1)c1cccs1. The predicted octanol–water partition coefficient (Wildman–Crippen LogP) is 3.28. The number of esters is 1. The molecule has 0 aliphatic rings. The molecule has 2 aromatic rings. The van der Waals surface area contributed by atoms with Gasteiger partial charge in [0.1, 0.15) is 0 Å². The largest absolute Gasteiger partial charge is 0.465 e. The van der Waals surface area contributed by atoms with E-state index in [2.05, 4.69) is 0 Å². The molecule has 19 heavy (non-hydrogen) atoms. The Hall–Kier alpha value is -1.94. The van der Waals surface area contributed by atoms with E-state index in [1.54, 1.807) is 37.3 Å². The van der Waals surface area contributed by atoms with Crippen molar-refractivity contribution in [3.8, 4) is 0 Å². The van der Waals surface area contributed by atoms with Gasteiger partial charge in [-0.15, -0.1) is 11.3 Å². The summed E-state index contributed by atoms with van der Waals surface area (Å²) < 4.78 is 5.02. The van der Waals surface area contributed by atoms with E-state index in [9.17, 15) is 9.59 Å². The van der Waals surface area contributed by atoms with E-state index >= 15 is 0 Å². The predicted molar refractivity (Wildman–Crippen MR) is 74.5 cm³/mol. The average Bonchev–Trinajstić information content (AvgIpc) is 2.94. The fourth-order valence-corrected chi connectivity index (χ4v) is 2.61. The molecule has 0 fully saturated rings. The molecule has 0 bridgehead atoms. The minimum Gasteiger partial charge on any atom is -0.465 e. The zero-order valence-corrected chi connectivity index (χ0v) is 11.4. The number of hydrogen-bond acceptors (Lipinski definition) is 4. The second-order valence-corrected chi connectivity index (χ2v) is 4.91. The first kappa shape index (κ1) is 13.5. The van der Waals surface area contributed by atoms with Crippen LogP contribution in [0.3, 0.4) is 0 Å². The molecule has 2 rings (SSSR count). The molecule has 1 aromatic carbocycles. The van der Waals surface area contributed by atoms with Gasteiger partial charge in [0.15, 0.2) is 11.7 Å². The van der Waals surface area contributed by atoms with Crippen LogP contribution in [0.1, 0.15) is 28.1 Å². The highest BCUT2D eigenvalue weighted by molar-refractivity contribution is 7.10. The summed E-state index contributed by atoms with van der Waals surface area (Å²) >= 11 is 1.39. The summed E-state index contributed by atoms with van der Waals surface area (Å²) in [5.41, 5.74) is 0.522. The molecule has 1 aromatic heterocycles. The van der Waals surface area contributed by atoms with Crippen LogP contribution in [0.2, 0.25) is 0 Å². The van der Waals surface area contributed by atoms with Crippen molar-refractivity contribution in [2.45, 2.75) is 12.8 Å². The van der Waals surface area contributed by atoms with Gasteiger partial charge in [0.05, 0.1) is 6.61 Å². The van der Waals surface area contributed by atoms with Crippen molar-refractivity contribution in [2.24, 2.45) is 0 Å². The molecule has 1 atom stereocenters. The van der Waals surface area contributed by atoms with Crippen molar-refractivity contribution < 1.29 is 14.3 Å². The summed E-state index contributed by atoms with van der Waals surface area (Å²) in [6.45, 7) is 2.00. The zero-order valence-electron chi connectivity index (χ0n) is 10.5. The van der Waals surface area contributed by atoms with Crippen molar-refractivity contribution in [1.29, 1.82) is 0 Å².